The molecule has 0 rings (SSSR count). The van der Waals surface area contributed by atoms with Crippen molar-refractivity contribution in [3.05, 3.63) is 0 Å². The van der Waals surface area contributed by atoms with Crippen LogP contribution in [-0.2, 0) is 38.1 Å². The maximum Gasteiger partial charge on any atom is 0.312 e. The summed E-state index contributed by atoms with van der Waals surface area (Å²) < 4.78 is 25.8. The second-order valence-corrected chi connectivity index (χ2v) is 20.0. The van der Waals surface area contributed by atoms with E-state index in [2.05, 4.69) is 0 Å². The lowest BCUT2D eigenvalue weighted by molar-refractivity contribution is -0.870. The molecule has 0 fully saturated rings. The van der Waals surface area contributed by atoms with Crippen molar-refractivity contribution >= 4 is 23.9 Å². The van der Waals surface area contributed by atoms with Gasteiger partial charge in [-0.15, -0.1) is 0 Å². The predicted octanol–water partition coefficient (Wildman–Crippen LogP) is -8.37. The van der Waals surface area contributed by atoms with Gasteiger partial charge in [0.05, 0.1) is 106 Å². The van der Waals surface area contributed by atoms with Gasteiger partial charge in [0.2, 0.25) is 0 Å². The number of hydrogen-bond acceptors (Lipinski definition) is 8. The number of nitrogens with zero attached hydrogens (tertiary/aromatic N) is 4. The monoisotopic (exact) mass is 858 g/mol. The van der Waals surface area contributed by atoms with E-state index in [4.69, 9.17) is 18.9 Å². The summed E-state index contributed by atoms with van der Waals surface area (Å²) in [6.07, 6.45) is 0.542. The lowest BCUT2D eigenvalue weighted by Gasteiger charge is -2.42. The summed E-state index contributed by atoms with van der Waals surface area (Å²) in [7, 11) is 24.2. The van der Waals surface area contributed by atoms with Crippen molar-refractivity contribution in [1.82, 2.24) is 0 Å². The van der Waals surface area contributed by atoms with E-state index in [9.17, 15) is 19.2 Å². The van der Waals surface area contributed by atoms with Gasteiger partial charge in [0, 0.05) is 0 Å². The molecule has 0 aliphatic rings. The maximum atomic E-state index is 14.3. The summed E-state index contributed by atoms with van der Waals surface area (Å²) in [5, 5.41) is 0. The number of ether oxygens (including phenoxy) is 4. The van der Waals surface area contributed by atoms with Gasteiger partial charge in [-0.3, -0.25) is 19.2 Å². The molecule has 0 aromatic rings. The Morgan fingerprint density at radius 1 is 0.389 bits per heavy atom. The van der Waals surface area contributed by atoms with Gasteiger partial charge < -0.3 is 86.5 Å². The van der Waals surface area contributed by atoms with Gasteiger partial charge in [-0.1, -0.05) is 6.92 Å². The highest BCUT2D eigenvalue weighted by Crippen LogP contribution is 2.49. The van der Waals surface area contributed by atoms with E-state index in [0.29, 0.717) is 50.5 Å². The highest BCUT2D eigenvalue weighted by molar-refractivity contribution is 5.84. The number of halogens is 4. The number of esters is 4. The van der Waals surface area contributed by atoms with E-state index in [1.165, 1.54) is 0 Å². The third-order valence-electron chi connectivity index (χ3n) is 9.19. The third kappa shape index (κ3) is 24.5. The molecule has 3 unspecified atom stereocenters. The zero-order chi connectivity index (χ0) is 39.6. The molecule has 16 heteroatoms. The summed E-state index contributed by atoms with van der Waals surface area (Å²) in [5.41, 5.74) is -4.77. The van der Waals surface area contributed by atoms with Crippen LogP contribution in [0.25, 0.3) is 0 Å². The normalized spacial score (nSPS) is 15.5. The van der Waals surface area contributed by atoms with Crippen molar-refractivity contribution in [2.45, 2.75) is 67.2 Å². The molecule has 326 valence electrons. The van der Waals surface area contributed by atoms with E-state index in [-0.39, 0.29) is 95.3 Å². The summed E-state index contributed by atoms with van der Waals surface area (Å²) in [6.45, 7) is 14.0. The van der Waals surface area contributed by atoms with E-state index in [1.54, 1.807) is 27.7 Å². The van der Waals surface area contributed by atoms with Crippen LogP contribution in [0.1, 0.15) is 67.2 Å². The van der Waals surface area contributed by atoms with Gasteiger partial charge in [0.25, 0.3) is 0 Å². The van der Waals surface area contributed by atoms with E-state index < -0.39 is 45.5 Å². The van der Waals surface area contributed by atoms with Crippen LogP contribution in [0.2, 0.25) is 0 Å². The second kappa shape index (κ2) is 24.0. The molecule has 0 saturated carbocycles. The minimum absolute atomic E-state index is 0. The van der Waals surface area contributed by atoms with Gasteiger partial charge >= 0.3 is 23.9 Å². The van der Waals surface area contributed by atoms with Crippen molar-refractivity contribution < 1.29 is 106 Å². The number of quaternary nitrogens is 4. The van der Waals surface area contributed by atoms with E-state index in [0.717, 1.165) is 0 Å². The SMILES string of the molecule is CCC(C)(CC(C)(CC(C)(CC(C)(C)C(=O)OCC[N+](C)(C)C)C(=O)OCC[N+](C)(C)C)C(=O)OCC[N+](C)(C)C)C(=O)OCC[N+](C)(C)C.[Cl-].[Cl-].[Cl-].[Cl-]. The van der Waals surface area contributed by atoms with Gasteiger partial charge in [0.1, 0.15) is 52.6 Å². The first-order valence-electron chi connectivity index (χ1n) is 18.1. The van der Waals surface area contributed by atoms with Crippen molar-refractivity contribution in [1.29, 1.82) is 0 Å². The number of likely N-dealkylation sites (N-methyl/N-ethyl adjacent to an activating group) is 4. The molecule has 0 aliphatic heterocycles. The predicted molar refractivity (Wildman–Crippen MR) is 198 cm³/mol. The van der Waals surface area contributed by atoms with Crippen LogP contribution in [0.3, 0.4) is 0 Å². The maximum absolute atomic E-state index is 14.3. The van der Waals surface area contributed by atoms with Crippen molar-refractivity contribution in [3.63, 3.8) is 0 Å². The standard InChI is InChI=1S/C38H78N4O8.4ClH/c1-19-36(4,32(44)48-25-21-40(10,11)12)29-38(6,34(46)50-27-23-42(16,17)18)30-37(5,33(45)49-26-22-41(13,14)15)28-35(2,3)31(43)47-24-20-39(7,8)9;;;;/h19-30H2,1-18H3;4*1H/q+4;;;;/p-4. The fourth-order valence-corrected chi connectivity index (χ4v) is 5.89. The van der Waals surface area contributed by atoms with Crippen LogP contribution < -0.4 is 49.6 Å². The molecule has 3 atom stereocenters. The van der Waals surface area contributed by atoms with E-state index >= 15 is 0 Å². The van der Waals surface area contributed by atoms with Crippen molar-refractivity contribution in [2.75, 3.05) is 137 Å². The molecule has 0 heterocycles. The Bertz CT molecular complexity index is 1150. The molecule has 0 aromatic heterocycles. The highest BCUT2D eigenvalue weighted by atomic mass is 35.5. The first kappa shape index (κ1) is 62.1. The Morgan fingerprint density at radius 2 is 0.611 bits per heavy atom. The number of rotatable bonds is 23. The summed E-state index contributed by atoms with van der Waals surface area (Å²) in [5.74, 6) is -1.83. The Kier molecular flexibility index (Phi) is 27.5. The minimum Gasteiger partial charge on any atom is -1.00 e. The molecule has 0 saturated heterocycles. The molecular formula is C38H78Cl4N4O8. The number of hydrogen-bond donors (Lipinski definition) is 0. The summed E-state index contributed by atoms with van der Waals surface area (Å²) >= 11 is 0. The molecule has 0 amide bonds. The smallest absolute Gasteiger partial charge is 0.312 e. The first-order valence-corrected chi connectivity index (χ1v) is 18.1. The van der Waals surface area contributed by atoms with Crippen LogP contribution in [-0.4, -0.2) is 179 Å². The molecule has 0 aliphatic carbocycles. The average Bonchev–Trinajstić information content (AvgIpc) is 2.89. The Morgan fingerprint density at radius 3 is 0.870 bits per heavy atom. The molecule has 0 aromatic carbocycles. The van der Waals surface area contributed by atoms with Gasteiger partial charge in [-0.25, -0.2) is 0 Å². The Hall–Kier alpha value is -1.12. The molecule has 12 nitrogen and oxygen atoms in total. The fraction of sp³-hybridized carbons (Fsp3) is 0.895. The van der Waals surface area contributed by atoms with Crippen molar-refractivity contribution in [3.8, 4) is 0 Å². The van der Waals surface area contributed by atoms with Gasteiger partial charge in [-0.05, 0) is 60.3 Å². The Labute approximate surface area is 354 Å². The van der Waals surface area contributed by atoms with Crippen LogP contribution in [0.5, 0.6) is 0 Å². The van der Waals surface area contributed by atoms with Gasteiger partial charge in [0.15, 0.2) is 0 Å². The Balaban J connectivity index is -0.00000200. The van der Waals surface area contributed by atoms with Crippen LogP contribution in [0.15, 0.2) is 0 Å². The van der Waals surface area contributed by atoms with E-state index in [1.807, 2.05) is 98.4 Å². The average molecular weight is 861 g/mol. The van der Waals surface area contributed by atoms with Gasteiger partial charge in [-0.2, -0.15) is 0 Å². The topological polar surface area (TPSA) is 105 Å². The molecule has 0 spiro atoms. The summed E-state index contributed by atoms with van der Waals surface area (Å²) in [4.78, 5) is 55.7. The fourth-order valence-electron chi connectivity index (χ4n) is 5.89. The molecule has 0 radical (unpaired) electrons. The third-order valence-corrected chi connectivity index (χ3v) is 9.19. The second-order valence-electron chi connectivity index (χ2n) is 20.0. The zero-order valence-corrected chi connectivity index (χ0v) is 40.1. The van der Waals surface area contributed by atoms with Crippen LogP contribution in [0.4, 0.5) is 0 Å². The largest absolute Gasteiger partial charge is 1.00 e. The first-order chi connectivity index (χ1) is 22.2. The molecule has 0 N–H and O–H groups in total. The molecule has 0 bridgehead atoms. The van der Waals surface area contributed by atoms with Crippen LogP contribution in [0, 0.1) is 21.7 Å². The molecular weight excluding hydrogens is 782 g/mol. The lowest BCUT2D eigenvalue weighted by Crippen LogP contribution is -3.00. The molecule has 54 heavy (non-hydrogen) atoms. The highest BCUT2D eigenvalue weighted by Gasteiger charge is 2.53. The zero-order valence-electron chi connectivity index (χ0n) is 37.1. The quantitative estimate of drug-likeness (QED) is 0.0568. The van der Waals surface area contributed by atoms with Crippen LogP contribution >= 0.6 is 0 Å². The lowest BCUT2D eigenvalue weighted by atomic mass is 9.61. The minimum atomic E-state index is -1.32. The van der Waals surface area contributed by atoms with Crippen molar-refractivity contribution in [2.24, 2.45) is 21.7 Å². The summed E-state index contributed by atoms with van der Waals surface area (Å²) in [6, 6.07) is 0. The number of carbonyl (C=O) groups excluding carboxylic acids is 4. The number of carbonyl (C=O) groups is 4.